The van der Waals surface area contributed by atoms with E-state index in [9.17, 15) is 0 Å². The maximum Gasteiger partial charge on any atom is 0.231 e. The summed E-state index contributed by atoms with van der Waals surface area (Å²) in [6.07, 6.45) is 1.03. The summed E-state index contributed by atoms with van der Waals surface area (Å²) in [5.41, 5.74) is -0.0764. The first-order valence-electron chi connectivity index (χ1n) is 6.27. The molecule has 0 aliphatic heterocycles. The second kappa shape index (κ2) is 5.84. The van der Waals surface area contributed by atoms with Crippen molar-refractivity contribution in [1.29, 1.82) is 0 Å². The molecule has 1 rings (SSSR count). The van der Waals surface area contributed by atoms with Crippen LogP contribution in [0.2, 0.25) is 0 Å². The van der Waals surface area contributed by atoms with E-state index >= 15 is 0 Å². The molecule has 0 aliphatic carbocycles. The first kappa shape index (κ1) is 14.5. The van der Waals surface area contributed by atoms with Crippen LogP contribution >= 0.6 is 0 Å². The van der Waals surface area contributed by atoms with Crippen molar-refractivity contribution in [2.45, 2.75) is 39.7 Å². The van der Waals surface area contributed by atoms with Crippen LogP contribution in [0.1, 0.15) is 34.1 Å². The second-order valence-electron chi connectivity index (χ2n) is 5.48. The number of rotatable bonds is 5. The van der Waals surface area contributed by atoms with Crippen molar-refractivity contribution in [3.05, 3.63) is 0 Å². The summed E-state index contributed by atoms with van der Waals surface area (Å²) >= 11 is 0. The zero-order valence-corrected chi connectivity index (χ0v) is 12.2. The fraction of sp³-hybridized carbons (Fsp3) is 0.750. The summed E-state index contributed by atoms with van der Waals surface area (Å²) < 4.78 is 0. The minimum absolute atomic E-state index is 0.0764. The SMILES string of the molecule is CCCNc1nc(NC(C)(C)C)nc(N(C)C)n1. The molecule has 0 fully saturated rings. The number of aromatic nitrogens is 3. The highest BCUT2D eigenvalue weighted by molar-refractivity contribution is 5.43. The maximum absolute atomic E-state index is 4.38. The van der Waals surface area contributed by atoms with E-state index in [1.54, 1.807) is 0 Å². The van der Waals surface area contributed by atoms with E-state index in [1.807, 2.05) is 19.0 Å². The lowest BCUT2D eigenvalue weighted by molar-refractivity contribution is 0.625. The Morgan fingerprint density at radius 3 is 2.17 bits per heavy atom. The topological polar surface area (TPSA) is 66.0 Å². The van der Waals surface area contributed by atoms with Crippen molar-refractivity contribution >= 4 is 17.8 Å². The van der Waals surface area contributed by atoms with Crippen molar-refractivity contribution in [3.8, 4) is 0 Å². The lowest BCUT2D eigenvalue weighted by Gasteiger charge is -2.21. The van der Waals surface area contributed by atoms with Crippen LogP contribution in [0.5, 0.6) is 0 Å². The van der Waals surface area contributed by atoms with Gasteiger partial charge in [0.15, 0.2) is 0 Å². The van der Waals surface area contributed by atoms with Gasteiger partial charge in [-0.3, -0.25) is 0 Å². The van der Waals surface area contributed by atoms with Gasteiger partial charge in [-0.2, -0.15) is 15.0 Å². The Labute approximate surface area is 109 Å². The molecule has 0 atom stereocenters. The zero-order valence-electron chi connectivity index (χ0n) is 12.2. The van der Waals surface area contributed by atoms with Gasteiger partial charge in [0.05, 0.1) is 0 Å². The van der Waals surface area contributed by atoms with Crippen LogP contribution in [0.4, 0.5) is 17.8 Å². The highest BCUT2D eigenvalue weighted by Crippen LogP contribution is 2.15. The Hall–Kier alpha value is -1.59. The van der Waals surface area contributed by atoms with Crippen LogP contribution in [0.3, 0.4) is 0 Å². The van der Waals surface area contributed by atoms with E-state index in [1.165, 1.54) is 0 Å². The van der Waals surface area contributed by atoms with Gasteiger partial charge >= 0.3 is 0 Å². The van der Waals surface area contributed by atoms with Gasteiger partial charge in [-0.05, 0) is 27.2 Å². The molecule has 0 aliphatic rings. The number of anilines is 3. The van der Waals surface area contributed by atoms with E-state index in [4.69, 9.17) is 0 Å². The lowest BCUT2D eigenvalue weighted by atomic mass is 10.1. The van der Waals surface area contributed by atoms with Gasteiger partial charge in [-0.1, -0.05) is 6.92 Å². The van der Waals surface area contributed by atoms with Gasteiger partial charge in [0, 0.05) is 26.2 Å². The van der Waals surface area contributed by atoms with Gasteiger partial charge in [0.1, 0.15) is 0 Å². The van der Waals surface area contributed by atoms with E-state index in [-0.39, 0.29) is 5.54 Å². The van der Waals surface area contributed by atoms with Crippen LogP contribution in [-0.4, -0.2) is 41.1 Å². The first-order chi connectivity index (χ1) is 8.31. The van der Waals surface area contributed by atoms with Gasteiger partial charge in [0.2, 0.25) is 17.8 Å². The maximum atomic E-state index is 4.38. The van der Waals surface area contributed by atoms with Crippen molar-refractivity contribution in [2.75, 3.05) is 36.2 Å². The second-order valence-corrected chi connectivity index (χ2v) is 5.48. The minimum atomic E-state index is -0.0764. The molecular formula is C12H24N6. The first-order valence-corrected chi connectivity index (χ1v) is 6.27. The molecular weight excluding hydrogens is 228 g/mol. The molecule has 0 saturated carbocycles. The third kappa shape index (κ3) is 4.73. The van der Waals surface area contributed by atoms with E-state index in [2.05, 4.69) is 53.3 Å². The third-order valence-electron chi connectivity index (χ3n) is 2.04. The summed E-state index contributed by atoms with van der Waals surface area (Å²) in [7, 11) is 3.83. The standard InChI is InChI=1S/C12H24N6/c1-7-8-13-9-14-10(17-12(2,3)4)16-11(15-9)18(5)6/h7-8H2,1-6H3,(H2,13,14,15,16,17). The van der Waals surface area contributed by atoms with E-state index in [0.717, 1.165) is 13.0 Å². The van der Waals surface area contributed by atoms with Crippen LogP contribution in [-0.2, 0) is 0 Å². The average Bonchev–Trinajstić information content (AvgIpc) is 2.23. The summed E-state index contributed by atoms with van der Waals surface area (Å²) in [5, 5.41) is 6.45. The normalized spacial score (nSPS) is 11.2. The molecule has 0 aromatic carbocycles. The van der Waals surface area contributed by atoms with E-state index in [0.29, 0.717) is 17.8 Å². The van der Waals surface area contributed by atoms with Crippen molar-refractivity contribution < 1.29 is 0 Å². The van der Waals surface area contributed by atoms with Crippen LogP contribution in [0.25, 0.3) is 0 Å². The largest absolute Gasteiger partial charge is 0.354 e. The molecule has 6 heteroatoms. The van der Waals surface area contributed by atoms with Gasteiger partial charge in [-0.15, -0.1) is 0 Å². The Kier molecular flexibility index (Phi) is 4.69. The molecule has 2 N–H and O–H groups in total. The Morgan fingerprint density at radius 2 is 1.67 bits per heavy atom. The molecule has 1 heterocycles. The molecule has 1 aromatic heterocycles. The Morgan fingerprint density at radius 1 is 1.06 bits per heavy atom. The molecule has 6 nitrogen and oxygen atoms in total. The smallest absolute Gasteiger partial charge is 0.231 e. The van der Waals surface area contributed by atoms with Crippen molar-refractivity contribution in [1.82, 2.24) is 15.0 Å². The molecule has 1 aromatic rings. The predicted octanol–water partition coefficient (Wildman–Crippen LogP) is 1.97. The molecule has 102 valence electrons. The summed E-state index contributed by atoms with van der Waals surface area (Å²) in [6.45, 7) is 9.18. The molecule has 0 bridgehead atoms. The highest BCUT2D eigenvalue weighted by Gasteiger charge is 2.14. The fourth-order valence-electron chi connectivity index (χ4n) is 1.27. The zero-order chi connectivity index (χ0) is 13.8. The van der Waals surface area contributed by atoms with E-state index < -0.39 is 0 Å². The molecule has 0 radical (unpaired) electrons. The van der Waals surface area contributed by atoms with Gasteiger partial charge in [-0.25, -0.2) is 0 Å². The van der Waals surface area contributed by atoms with Gasteiger partial charge in [0.25, 0.3) is 0 Å². The van der Waals surface area contributed by atoms with Crippen LogP contribution in [0, 0.1) is 0 Å². The Bertz CT molecular complexity index is 383. The Balaban J connectivity index is 2.98. The number of hydrogen-bond donors (Lipinski definition) is 2. The monoisotopic (exact) mass is 252 g/mol. The summed E-state index contributed by atoms with van der Waals surface area (Å²) in [6, 6.07) is 0. The lowest BCUT2D eigenvalue weighted by Crippen LogP contribution is -2.28. The summed E-state index contributed by atoms with van der Waals surface area (Å²) in [5.74, 6) is 1.86. The molecule has 0 saturated heterocycles. The number of hydrogen-bond acceptors (Lipinski definition) is 6. The molecule has 0 spiro atoms. The number of nitrogens with zero attached hydrogens (tertiary/aromatic N) is 4. The predicted molar refractivity (Wildman–Crippen MR) is 76.3 cm³/mol. The third-order valence-corrected chi connectivity index (χ3v) is 2.04. The fourth-order valence-corrected chi connectivity index (χ4v) is 1.27. The average molecular weight is 252 g/mol. The molecule has 0 unspecified atom stereocenters. The van der Waals surface area contributed by atoms with Crippen molar-refractivity contribution in [2.24, 2.45) is 0 Å². The quantitative estimate of drug-likeness (QED) is 0.835. The van der Waals surface area contributed by atoms with Crippen molar-refractivity contribution in [3.63, 3.8) is 0 Å². The van der Waals surface area contributed by atoms with Crippen LogP contribution in [0.15, 0.2) is 0 Å². The summed E-state index contributed by atoms with van der Waals surface area (Å²) in [4.78, 5) is 15.0. The van der Waals surface area contributed by atoms with Crippen LogP contribution < -0.4 is 15.5 Å². The highest BCUT2D eigenvalue weighted by atomic mass is 15.3. The minimum Gasteiger partial charge on any atom is -0.354 e. The molecule has 18 heavy (non-hydrogen) atoms. The molecule has 0 amide bonds. The number of nitrogens with one attached hydrogen (secondary N) is 2. The van der Waals surface area contributed by atoms with Gasteiger partial charge < -0.3 is 15.5 Å².